The van der Waals surface area contributed by atoms with Gasteiger partial charge < -0.3 is 15.1 Å². The molecule has 0 saturated heterocycles. The van der Waals surface area contributed by atoms with Gasteiger partial charge in [-0.3, -0.25) is 14.4 Å². The summed E-state index contributed by atoms with van der Waals surface area (Å²) in [5, 5.41) is 2.72. The zero-order chi connectivity index (χ0) is 24.2. The molecule has 0 aliphatic carbocycles. The van der Waals surface area contributed by atoms with Crippen molar-refractivity contribution in [2.45, 2.75) is 45.7 Å². The molecule has 6 heteroatoms. The maximum Gasteiger partial charge on any atom is 0.258 e. The van der Waals surface area contributed by atoms with Gasteiger partial charge in [0.05, 0.1) is 6.04 Å². The van der Waals surface area contributed by atoms with Crippen molar-refractivity contribution in [3.8, 4) is 0 Å². The predicted molar refractivity (Wildman–Crippen MR) is 135 cm³/mol. The summed E-state index contributed by atoms with van der Waals surface area (Å²) in [5.41, 5.74) is 3.81. The van der Waals surface area contributed by atoms with Gasteiger partial charge in [-0.05, 0) is 61.4 Å². The van der Waals surface area contributed by atoms with Crippen LogP contribution in [0.2, 0.25) is 0 Å². The smallest absolute Gasteiger partial charge is 0.258 e. The number of fused-ring (bicyclic) bond motifs is 1. The highest BCUT2D eigenvalue weighted by Crippen LogP contribution is 2.42. The van der Waals surface area contributed by atoms with E-state index in [-0.39, 0.29) is 29.8 Å². The highest BCUT2D eigenvalue weighted by Gasteiger charge is 2.38. The molecule has 174 valence electrons. The van der Waals surface area contributed by atoms with Crippen LogP contribution >= 0.6 is 0 Å². The van der Waals surface area contributed by atoms with Gasteiger partial charge in [0.1, 0.15) is 0 Å². The molecule has 4 rings (SSSR count). The molecule has 0 aromatic heterocycles. The second-order valence-electron chi connectivity index (χ2n) is 8.55. The van der Waals surface area contributed by atoms with E-state index >= 15 is 0 Å². The van der Waals surface area contributed by atoms with E-state index in [1.54, 1.807) is 24.3 Å². The van der Waals surface area contributed by atoms with E-state index in [1.165, 1.54) is 6.92 Å². The zero-order valence-corrected chi connectivity index (χ0v) is 19.7. The number of hydrogen-bond acceptors (Lipinski definition) is 3. The first-order valence-corrected chi connectivity index (χ1v) is 11.6. The molecule has 1 aliphatic rings. The molecule has 0 saturated carbocycles. The lowest BCUT2D eigenvalue weighted by Gasteiger charge is -2.43. The average Bonchev–Trinajstić information content (AvgIpc) is 2.84. The Balaban J connectivity index is 1.72. The van der Waals surface area contributed by atoms with Crippen LogP contribution in [0.25, 0.3) is 0 Å². The van der Waals surface area contributed by atoms with Crippen LogP contribution in [0, 0.1) is 0 Å². The van der Waals surface area contributed by atoms with Crippen LogP contribution in [0.1, 0.15) is 55.6 Å². The molecular weight excluding hydrogens is 426 g/mol. The largest absolute Gasteiger partial charge is 0.326 e. The van der Waals surface area contributed by atoms with Crippen molar-refractivity contribution in [2.75, 3.05) is 15.1 Å². The van der Waals surface area contributed by atoms with Crippen molar-refractivity contribution < 1.29 is 14.4 Å². The number of para-hydroxylation sites is 2. The lowest BCUT2D eigenvalue weighted by Crippen LogP contribution is -2.47. The van der Waals surface area contributed by atoms with Gasteiger partial charge in [0.25, 0.3) is 5.91 Å². The van der Waals surface area contributed by atoms with Crippen LogP contribution in [0.15, 0.2) is 78.9 Å². The summed E-state index contributed by atoms with van der Waals surface area (Å²) >= 11 is 0. The second kappa shape index (κ2) is 9.91. The Labute approximate surface area is 200 Å². The molecule has 3 aromatic rings. The first-order chi connectivity index (χ1) is 16.4. The van der Waals surface area contributed by atoms with Crippen molar-refractivity contribution in [1.29, 1.82) is 0 Å². The quantitative estimate of drug-likeness (QED) is 0.547. The molecule has 3 aromatic carbocycles. The molecule has 0 fully saturated rings. The lowest BCUT2D eigenvalue weighted by molar-refractivity contribution is -0.119. The normalized spacial score (nSPS) is 17.0. The summed E-state index contributed by atoms with van der Waals surface area (Å²) < 4.78 is 0. The third-order valence-corrected chi connectivity index (χ3v) is 6.15. The minimum atomic E-state index is -0.174. The van der Waals surface area contributed by atoms with E-state index < -0.39 is 0 Å². The second-order valence-corrected chi connectivity index (χ2v) is 8.55. The van der Waals surface area contributed by atoms with Crippen LogP contribution in [-0.4, -0.2) is 23.8 Å². The molecule has 2 atom stereocenters. The predicted octanol–water partition coefficient (Wildman–Crippen LogP) is 5.57. The van der Waals surface area contributed by atoms with Crippen LogP contribution in [0.5, 0.6) is 0 Å². The number of rotatable bonds is 5. The molecular formula is C28H29N3O3. The molecule has 3 amide bonds. The first kappa shape index (κ1) is 23.2. The third kappa shape index (κ3) is 4.57. The number of amides is 3. The number of nitrogens with one attached hydrogen (secondary N) is 1. The molecule has 0 spiro atoms. The fourth-order valence-corrected chi connectivity index (χ4v) is 4.63. The van der Waals surface area contributed by atoms with Crippen LogP contribution in [0.4, 0.5) is 17.1 Å². The SMILES string of the molecule is CCC(=O)N(c1ccccc1)[C@H]1C[C@@H](C)N(C(=O)c2ccc(NC(C)=O)cc2)c2ccccc21. The molecule has 1 N–H and O–H groups in total. The Morgan fingerprint density at radius 1 is 0.941 bits per heavy atom. The minimum Gasteiger partial charge on any atom is -0.326 e. The van der Waals surface area contributed by atoms with E-state index in [0.29, 0.717) is 24.1 Å². The summed E-state index contributed by atoms with van der Waals surface area (Å²) in [5.74, 6) is -0.222. The van der Waals surface area contributed by atoms with E-state index in [1.807, 2.05) is 78.2 Å². The van der Waals surface area contributed by atoms with E-state index in [0.717, 1.165) is 16.9 Å². The van der Waals surface area contributed by atoms with E-state index in [9.17, 15) is 14.4 Å². The number of benzene rings is 3. The van der Waals surface area contributed by atoms with Gasteiger partial charge in [-0.15, -0.1) is 0 Å². The molecule has 0 bridgehead atoms. The number of hydrogen-bond donors (Lipinski definition) is 1. The zero-order valence-electron chi connectivity index (χ0n) is 19.7. The van der Waals surface area contributed by atoms with Gasteiger partial charge in [0.15, 0.2) is 0 Å². The Kier molecular flexibility index (Phi) is 6.77. The summed E-state index contributed by atoms with van der Waals surface area (Å²) in [6, 6.07) is 24.2. The van der Waals surface area contributed by atoms with Crippen molar-refractivity contribution in [3.05, 3.63) is 90.0 Å². The van der Waals surface area contributed by atoms with Gasteiger partial charge in [0, 0.05) is 42.0 Å². The topological polar surface area (TPSA) is 69.7 Å². The van der Waals surface area contributed by atoms with E-state index in [2.05, 4.69) is 5.32 Å². The molecule has 34 heavy (non-hydrogen) atoms. The van der Waals surface area contributed by atoms with Gasteiger partial charge in [-0.25, -0.2) is 0 Å². The molecule has 0 radical (unpaired) electrons. The summed E-state index contributed by atoms with van der Waals surface area (Å²) in [6.07, 6.45) is 1.01. The summed E-state index contributed by atoms with van der Waals surface area (Å²) in [4.78, 5) is 41.7. The van der Waals surface area contributed by atoms with Crippen molar-refractivity contribution in [1.82, 2.24) is 0 Å². The van der Waals surface area contributed by atoms with Gasteiger partial charge >= 0.3 is 0 Å². The average molecular weight is 456 g/mol. The molecule has 0 unspecified atom stereocenters. The van der Waals surface area contributed by atoms with Gasteiger partial charge in [-0.1, -0.05) is 43.3 Å². The fourth-order valence-electron chi connectivity index (χ4n) is 4.63. The van der Waals surface area contributed by atoms with Crippen molar-refractivity contribution in [2.24, 2.45) is 0 Å². The minimum absolute atomic E-state index is 0.0477. The molecule has 1 heterocycles. The van der Waals surface area contributed by atoms with Crippen molar-refractivity contribution in [3.63, 3.8) is 0 Å². The van der Waals surface area contributed by atoms with E-state index in [4.69, 9.17) is 0 Å². The van der Waals surface area contributed by atoms with Crippen LogP contribution in [-0.2, 0) is 9.59 Å². The van der Waals surface area contributed by atoms with Gasteiger partial charge in [-0.2, -0.15) is 0 Å². The lowest BCUT2D eigenvalue weighted by atomic mass is 9.89. The standard InChI is InChI=1S/C28H29N3O3/c1-4-27(33)31(23-10-6-5-7-11-23)26-18-19(2)30(25-13-9-8-12-24(25)26)28(34)21-14-16-22(17-15-21)29-20(3)32/h5-17,19,26H,4,18H2,1-3H3,(H,29,32)/t19-,26+/m1/s1. The van der Waals surface area contributed by atoms with Crippen LogP contribution in [0.3, 0.4) is 0 Å². The highest BCUT2D eigenvalue weighted by molar-refractivity contribution is 6.08. The fraction of sp³-hybridized carbons (Fsp3) is 0.250. The monoisotopic (exact) mass is 455 g/mol. The first-order valence-electron chi connectivity index (χ1n) is 11.6. The molecule has 6 nitrogen and oxygen atoms in total. The number of nitrogens with zero attached hydrogens (tertiary/aromatic N) is 2. The Hall–Kier alpha value is -3.93. The Morgan fingerprint density at radius 2 is 1.59 bits per heavy atom. The summed E-state index contributed by atoms with van der Waals surface area (Å²) in [6.45, 7) is 5.34. The van der Waals surface area contributed by atoms with Crippen LogP contribution < -0.4 is 15.1 Å². The van der Waals surface area contributed by atoms with Gasteiger partial charge in [0.2, 0.25) is 11.8 Å². The number of carbonyl (C=O) groups is 3. The maximum absolute atomic E-state index is 13.6. The number of carbonyl (C=O) groups excluding carboxylic acids is 3. The molecule has 1 aliphatic heterocycles. The Bertz CT molecular complexity index is 1190. The third-order valence-electron chi connectivity index (χ3n) is 6.15. The number of anilines is 3. The summed E-state index contributed by atoms with van der Waals surface area (Å²) in [7, 11) is 0. The maximum atomic E-state index is 13.6. The van der Waals surface area contributed by atoms with Crippen molar-refractivity contribution >= 4 is 34.8 Å². The highest BCUT2D eigenvalue weighted by atomic mass is 16.2. The Morgan fingerprint density at radius 3 is 2.24 bits per heavy atom.